The van der Waals surface area contributed by atoms with Gasteiger partial charge in [-0.2, -0.15) is 4.31 Å². The summed E-state index contributed by atoms with van der Waals surface area (Å²) in [7, 11) is -2.54. The van der Waals surface area contributed by atoms with Crippen molar-refractivity contribution in [3.05, 3.63) is 64.7 Å². The summed E-state index contributed by atoms with van der Waals surface area (Å²) in [5, 5.41) is -0.00272. The van der Waals surface area contributed by atoms with E-state index in [2.05, 4.69) is 4.74 Å². The van der Waals surface area contributed by atoms with E-state index in [1.54, 1.807) is 0 Å². The summed E-state index contributed by atoms with van der Waals surface area (Å²) in [6, 6.07) is 13.4. The smallest absolute Gasteiger partial charge is 0.337 e. The first kappa shape index (κ1) is 19.4. The minimum Gasteiger partial charge on any atom is -0.465 e. The molecule has 2 aromatic carbocycles. The van der Waals surface area contributed by atoms with Gasteiger partial charge in [0.1, 0.15) is 4.90 Å². The van der Waals surface area contributed by atoms with Crippen LogP contribution in [0.2, 0.25) is 5.02 Å². The highest BCUT2D eigenvalue weighted by Gasteiger charge is 2.27. The maximum Gasteiger partial charge on any atom is 0.337 e. The van der Waals surface area contributed by atoms with Crippen molar-refractivity contribution >= 4 is 27.6 Å². The first-order valence-corrected chi connectivity index (χ1v) is 9.64. The number of carbonyl (C=O) groups excluding carboxylic acids is 1. The van der Waals surface area contributed by atoms with Gasteiger partial charge in [-0.3, -0.25) is 0 Å². The van der Waals surface area contributed by atoms with Crippen molar-refractivity contribution in [1.82, 2.24) is 4.31 Å². The zero-order valence-corrected chi connectivity index (χ0v) is 15.7. The lowest BCUT2D eigenvalue weighted by molar-refractivity contribution is 0.0600. The summed E-state index contributed by atoms with van der Waals surface area (Å²) in [5.74, 6) is -0.569. The molecule has 0 aliphatic carbocycles. The molecule has 0 radical (unpaired) electrons. The quantitative estimate of drug-likeness (QED) is 0.685. The highest BCUT2D eigenvalue weighted by Crippen LogP contribution is 2.27. The second-order valence-corrected chi connectivity index (χ2v) is 7.77. The maximum absolute atomic E-state index is 13.0. The molecule has 2 rings (SSSR count). The van der Waals surface area contributed by atoms with Crippen molar-refractivity contribution in [2.75, 3.05) is 13.7 Å². The first-order chi connectivity index (χ1) is 11.9. The van der Waals surface area contributed by atoms with Gasteiger partial charge in [-0.25, -0.2) is 13.2 Å². The summed E-state index contributed by atoms with van der Waals surface area (Å²) in [6.07, 6.45) is 0.671. The van der Waals surface area contributed by atoms with Crippen LogP contribution in [0.4, 0.5) is 0 Å². The fraction of sp³-hybridized carbons (Fsp3) is 0.278. The van der Waals surface area contributed by atoms with Gasteiger partial charge in [0, 0.05) is 13.1 Å². The predicted octanol–water partition coefficient (Wildman–Crippen LogP) is 3.73. The molecule has 0 heterocycles. The summed E-state index contributed by atoms with van der Waals surface area (Å²) in [4.78, 5) is 11.5. The molecule has 7 heteroatoms. The monoisotopic (exact) mass is 381 g/mol. The third-order valence-corrected chi connectivity index (χ3v) is 5.97. The summed E-state index contributed by atoms with van der Waals surface area (Å²) < 4.78 is 32.1. The van der Waals surface area contributed by atoms with E-state index in [1.165, 1.54) is 29.6 Å². The minimum atomic E-state index is -3.79. The zero-order chi connectivity index (χ0) is 18.4. The van der Waals surface area contributed by atoms with Crippen molar-refractivity contribution in [3.8, 4) is 0 Å². The fourth-order valence-electron chi connectivity index (χ4n) is 2.41. The normalized spacial score (nSPS) is 11.5. The Kier molecular flexibility index (Phi) is 6.58. The maximum atomic E-state index is 13.0. The summed E-state index contributed by atoms with van der Waals surface area (Å²) in [5.41, 5.74) is 1.10. The molecule has 0 amide bonds. The number of nitrogens with zero attached hydrogens (tertiary/aromatic N) is 1. The molecule has 0 atom stereocenters. The number of hydrogen-bond donors (Lipinski definition) is 0. The van der Waals surface area contributed by atoms with E-state index < -0.39 is 16.0 Å². The van der Waals surface area contributed by atoms with Gasteiger partial charge in [-0.1, -0.05) is 48.9 Å². The molecule has 0 spiro atoms. The molecule has 2 aromatic rings. The van der Waals surface area contributed by atoms with Gasteiger partial charge in [0.2, 0.25) is 10.0 Å². The predicted molar refractivity (Wildman–Crippen MR) is 97.1 cm³/mol. The molecule has 0 fully saturated rings. The molecule has 0 bridgehead atoms. The third-order valence-electron chi connectivity index (χ3n) is 3.65. The number of halogens is 1. The Morgan fingerprint density at radius 3 is 2.40 bits per heavy atom. The number of methoxy groups -OCH3 is 1. The molecule has 5 nitrogen and oxygen atoms in total. The zero-order valence-electron chi connectivity index (χ0n) is 14.1. The van der Waals surface area contributed by atoms with Gasteiger partial charge < -0.3 is 4.74 Å². The Morgan fingerprint density at radius 2 is 1.84 bits per heavy atom. The second kappa shape index (κ2) is 8.47. The van der Waals surface area contributed by atoms with E-state index in [-0.39, 0.29) is 22.0 Å². The first-order valence-electron chi connectivity index (χ1n) is 7.82. The van der Waals surface area contributed by atoms with Crippen LogP contribution < -0.4 is 0 Å². The van der Waals surface area contributed by atoms with Crippen LogP contribution in [0.1, 0.15) is 29.3 Å². The molecule has 0 saturated heterocycles. The highest BCUT2D eigenvalue weighted by atomic mass is 35.5. The lowest BCUT2D eigenvalue weighted by Gasteiger charge is -2.22. The molecule has 0 saturated carbocycles. The Bertz CT molecular complexity index is 837. The van der Waals surface area contributed by atoms with Crippen LogP contribution in [0, 0.1) is 0 Å². The number of ether oxygens (including phenoxy) is 1. The van der Waals surface area contributed by atoms with E-state index in [9.17, 15) is 13.2 Å². The van der Waals surface area contributed by atoms with Crippen LogP contribution in [0.15, 0.2) is 53.4 Å². The summed E-state index contributed by atoms with van der Waals surface area (Å²) >= 11 is 6.15. The summed E-state index contributed by atoms with van der Waals surface area (Å²) in [6.45, 7) is 2.54. The molecule has 0 aliphatic rings. The van der Waals surface area contributed by atoms with Gasteiger partial charge in [-0.15, -0.1) is 0 Å². The average Bonchev–Trinajstić information content (AvgIpc) is 2.61. The van der Waals surface area contributed by atoms with Gasteiger partial charge in [0.05, 0.1) is 17.7 Å². The lowest BCUT2D eigenvalue weighted by atomic mass is 10.2. The van der Waals surface area contributed by atoms with Gasteiger partial charge in [0.25, 0.3) is 0 Å². The van der Waals surface area contributed by atoms with E-state index in [0.717, 1.165) is 5.56 Å². The highest BCUT2D eigenvalue weighted by molar-refractivity contribution is 7.89. The molecular formula is C18H20ClNO4S. The van der Waals surface area contributed by atoms with Crippen molar-refractivity contribution in [2.24, 2.45) is 0 Å². The van der Waals surface area contributed by atoms with Crippen LogP contribution in [-0.4, -0.2) is 32.3 Å². The van der Waals surface area contributed by atoms with Gasteiger partial charge in [0.15, 0.2) is 0 Å². The Morgan fingerprint density at radius 1 is 1.16 bits per heavy atom. The van der Waals surface area contributed by atoms with Crippen LogP contribution in [0.25, 0.3) is 0 Å². The molecule has 134 valence electrons. The number of carbonyl (C=O) groups is 1. The number of hydrogen-bond acceptors (Lipinski definition) is 4. The van der Waals surface area contributed by atoms with Gasteiger partial charge in [-0.05, 0) is 30.2 Å². The van der Waals surface area contributed by atoms with Crippen LogP contribution >= 0.6 is 11.6 Å². The Labute approximate surface area is 153 Å². The fourth-order valence-corrected chi connectivity index (χ4v) is 4.45. The molecular weight excluding hydrogens is 362 g/mol. The molecule has 0 aliphatic heterocycles. The van der Waals surface area contributed by atoms with Crippen LogP contribution in [-0.2, 0) is 21.3 Å². The van der Waals surface area contributed by atoms with E-state index in [4.69, 9.17) is 11.6 Å². The number of benzene rings is 2. The van der Waals surface area contributed by atoms with Crippen LogP contribution in [0.3, 0.4) is 0 Å². The molecule has 25 heavy (non-hydrogen) atoms. The van der Waals surface area contributed by atoms with E-state index in [1.807, 2.05) is 37.3 Å². The minimum absolute atomic E-state index is 0.00272. The van der Waals surface area contributed by atoms with E-state index in [0.29, 0.717) is 13.0 Å². The second-order valence-electron chi connectivity index (χ2n) is 5.46. The lowest BCUT2D eigenvalue weighted by Crippen LogP contribution is -2.31. The molecule has 0 unspecified atom stereocenters. The van der Waals surface area contributed by atoms with Crippen molar-refractivity contribution in [2.45, 2.75) is 24.8 Å². The van der Waals surface area contributed by atoms with Crippen molar-refractivity contribution < 1.29 is 17.9 Å². The van der Waals surface area contributed by atoms with Crippen molar-refractivity contribution in [1.29, 1.82) is 0 Å². The average molecular weight is 382 g/mol. The SMILES string of the molecule is CCCN(Cc1ccccc1)S(=O)(=O)c1ccc(C(=O)OC)cc1Cl. The Balaban J connectivity index is 2.38. The Hall–Kier alpha value is -1.89. The third kappa shape index (κ3) is 4.60. The van der Waals surface area contributed by atoms with Crippen LogP contribution in [0.5, 0.6) is 0 Å². The molecule has 0 aromatic heterocycles. The van der Waals surface area contributed by atoms with E-state index >= 15 is 0 Å². The van der Waals surface area contributed by atoms with Crippen molar-refractivity contribution in [3.63, 3.8) is 0 Å². The number of esters is 1. The standard InChI is InChI=1S/C18H20ClNO4S/c1-3-11-20(13-14-7-5-4-6-8-14)25(22,23)17-10-9-15(12-16(17)19)18(21)24-2/h4-10,12H,3,11,13H2,1-2H3. The van der Waals surface area contributed by atoms with Gasteiger partial charge >= 0.3 is 5.97 Å². The largest absolute Gasteiger partial charge is 0.465 e. The number of rotatable bonds is 7. The molecule has 0 N–H and O–H groups in total. The number of sulfonamides is 1. The topological polar surface area (TPSA) is 63.7 Å².